The summed E-state index contributed by atoms with van der Waals surface area (Å²) in [7, 11) is 0. The Morgan fingerprint density at radius 2 is 2.05 bits per heavy atom. The average Bonchev–Trinajstić information content (AvgIpc) is 3.03. The summed E-state index contributed by atoms with van der Waals surface area (Å²) in [6.07, 6.45) is 1.73. The fourth-order valence-corrected chi connectivity index (χ4v) is 2.49. The van der Waals surface area contributed by atoms with Crippen molar-refractivity contribution in [1.29, 1.82) is 0 Å². The second kappa shape index (κ2) is 6.10. The second-order valence-corrected chi connectivity index (χ2v) is 5.51. The van der Waals surface area contributed by atoms with E-state index in [1.165, 1.54) is 6.07 Å². The number of benzene rings is 2. The number of hydrogen-bond donors (Lipinski definition) is 2. The molecule has 0 saturated heterocycles. The van der Waals surface area contributed by atoms with E-state index >= 15 is 0 Å². The van der Waals surface area contributed by atoms with Gasteiger partial charge in [-0.3, -0.25) is 5.10 Å². The van der Waals surface area contributed by atoms with Gasteiger partial charge in [-0.1, -0.05) is 18.2 Å². The van der Waals surface area contributed by atoms with Crippen molar-refractivity contribution in [2.24, 2.45) is 0 Å². The normalized spacial score (nSPS) is 10.6. The lowest BCUT2D eigenvalue weighted by Crippen LogP contribution is -1.99. The summed E-state index contributed by atoms with van der Waals surface area (Å²) in [5.74, 6) is -0.250. The molecule has 0 aliphatic rings. The Kier molecular flexibility index (Phi) is 4.01. The van der Waals surface area contributed by atoms with Gasteiger partial charge in [0, 0.05) is 24.0 Å². The van der Waals surface area contributed by atoms with Gasteiger partial charge in [0.05, 0.1) is 10.2 Å². The number of aromatic amines is 1. The molecule has 0 spiro atoms. The van der Waals surface area contributed by atoms with Crippen molar-refractivity contribution in [3.63, 3.8) is 0 Å². The minimum Gasteiger partial charge on any atom is -0.381 e. The molecule has 0 atom stereocenters. The first-order valence-corrected chi connectivity index (χ1v) is 7.29. The van der Waals surface area contributed by atoms with Crippen LogP contribution in [0.5, 0.6) is 0 Å². The molecule has 0 saturated carbocycles. The quantitative estimate of drug-likeness (QED) is 0.725. The van der Waals surface area contributed by atoms with Gasteiger partial charge < -0.3 is 5.32 Å². The Labute approximate surface area is 130 Å². The van der Waals surface area contributed by atoms with Crippen molar-refractivity contribution in [3.05, 3.63) is 70.6 Å². The lowest BCUT2D eigenvalue weighted by Gasteiger charge is -2.08. The summed E-state index contributed by atoms with van der Waals surface area (Å²) in [5, 5.41) is 10.2. The summed E-state index contributed by atoms with van der Waals surface area (Å²) in [6, 6.07) is 15.0. The first-order valence-electron chi connectivity index (χ1n) is 6.50. The zero-order valence-corrected chi connectivity index (χ0v) is 12.7. The monoisotopic (exact) mass is 345 g/mol. The van der Waals surface area contributed by atoms with Crippen molar-refractivity contribution in [2.75, 3.05) is 5.32 Å². The van der Waals surface area contributed by atoms with Crippen LogP contribution in [-0.2, 0) is 6.54 Å². The molecule has 0 aliphatic carbocycles. The van der Waals surface area contributed by atoms with Gasteiger partial charge in [0.25, 0.3) is 0 Å². The van der Waals surface area contributed by atoms with Gasteiger partial charge in [0.1, 0.15) is 5.82 Å². The molecule has 0 bridgehead atoms. The van der Waals surface area contributed by atoms with E-state index in [1.54, 1.807) is 18.3 Å². The van der Waals surface area contributed by atoms with E-state index in [2.05, 4.69) is 31.4 Å². The molecular formula is C16H13BrFN3. The molecule has 0 fully saturated rings. The fraction of sp³-hybridized carbons (Fsp3) is 0.0625. The van der Waals surface area contributed by atoms with Crippen LogP contribution in [0.1, 0.15) is 5.56 Å². The van der Waals surface area contributed by atoms with Crippen LogP contribution >= 0.6 is 15.9 Å². The lowest BCUT2D eigenvalue weighted by atomic mass is 10.1. The summed E-state index contributed by atoms with van der Waals surface area (Å²) in [4.78, 5) is 0. The number of H-pyrrole nitrogens is 1. The van der Waals surface area contributed by atoms with Crippen LogP contribution in [0.2, 0.25) is 0 Å². The van der Waals surface area contributed by atoms with Gasteiger partial charge in [-0.05, 0) is 51.8 Å². The van der Waals surface area contributed by atoms with Crippen molar-refractivity contribution in [1.82, 2.24) is 10.2 Å². The van der Waals surface area contributed by atoms with E-state index in [-0.39, 0.29) is 5.82 Å². The number of hydrogen-bond acceptors (Lipinski definition) is 2. The maximum atomic E-state index is 13.2. The molecule has 0 radical (unpaired) electrons. The van der Waals surface area contributed by atoms with E-state index in [4.69, 9.17) is 0 Å². The largest absolute Gasteiger partial charge is 0.381 e. The van der Waals surface area contributed by atoms with Crippen LogP contribution in [0.3, 0.4) is 0 Å². The van der Waals surface area contributed by atoms with Gasteiger partial charge in [0.2, 0.25) is 0 Å². The van der Waals surface area contributed by atoms with Gasteiger partial charge in [-0.2, -0.15) is 5.10 Å². The zero-order valence-electron chi connectivity index (χ0n) is 11.1. The zero-order chi connectivity index (χ0) is 14.7. The molecule has 5 heteroatoms. The number of halogens is 2. The molecule has 0 unspecified atom stereocenters. The third kappa shape index (κ3) is 3.31. The Hall–Kier alpha value is -2.14. The molecule has 1 heterocycles. The number of anilines is 1. The van der Waals surface area contributed by atoms with E-state index in [9.17, 15) is 4.39 Å². The highest BCUT2D eigenvalue weighted by Crippen LogP contribution is 2.21. The number of nitrogens with one attached hydrogen (secondary N) is 2. The summed E-state index contributed by atoms with van der Waals surface area (Å²) in [6.45, 7) is 0.630. The minimum atomic E-state index is -0.250. The Morgan fingerprint density at radius 1 is 1.14 bits per heavy atom. The van der Waals surface area contributed by atoms with E-state index < -0.39 is 0 Å². The topological polar surface area (TPSA) is 40.7 Å². The molecular weight excluding hydrogens is 333 g/mol. The summed E-state index contributed by atoms with van der Waals surface area (Å²) >= 11 is 3.20. The average molecular weight is 346 g/mol. The Bertz CT molecular complexity index is 741. The maximum Gasteiger partial charge on any atom is 0.137 e. The molecule has 0 amide bonds. The fourth-order valence-electron chi connectivity index (χ4n) is 2.07. The van der Waals surface area contributed by atoms with E-state index in [1.807, 2.05) is 30.3 Å². The standard InChI is InChI=1S/C16H13BrFN3/c17-14-8-11(4-5-15(14)18)10-19-13-3-1-2-12(9-13)16-6-7-20-21-16/h1-9,19H,10H2,(H,20,21). The van der Waals surface area contributed by atoms with Crippen molar-refractivity contribution >= 4 is 21.6 Å². The molecule has 2 aromatic carbocycles. The molecule has 2 N–H and O–H groups in total. The number of aromatic nitrogens is 2. The van der Waals surface area contributed by atoms with Gasteiger partial charge in [-0.25, -0.2) is 4.39 Å². The Morgan fingerprint density at radius 3 is 2.81 bits per heavy atom. The van der Waals surface area contributed by atoms with Crippen molar-refractivity contribution < 1.29 is 4.39 Å². The first-order chi connectivity index (χ1) is 10.2. The van der Waals surface area contributed by atoms with Crippen LogP contribution in [0.25, 0.3) is 11.3 Å². The van der Waals surface area contributed by atoms with Gasteiger partial charge in [0.15, 0.2) is 0 Å². The van der Waals surface area contributed by atoms with E-state index in [0.29, 0.717) is 11.0 Å². The van der Waals surface area contributed by atoms with Crippen LogP contribution in [0, 0.1) is 5.82 Å². The molecule has 3 rings (SSSR count). The van der Waals surface area contributed by atoms with Crippen LogP contribution in [-0.4, -0.2) is 10.2 Å². The first kappa shape index (κ1) is 13.8. The predicted octanol–water partition coefficient (Wildman–Crippen LogP) is 4.59. The molecule has 1 aromatic heterocycles. The third-order valence-corrected chi connectivity index (χ3v) is 3.76. The third-order valence-electron chi connectivity index (χ3n) is 3.15. The number of nitrogens with zero attached hydrogens (tertiary/aromatic N) is 1. The van der Waals surface area contributed by atoms with Crippen LogP contribution in [0.4, 0.5) is 10.1 Å². The van der Waals surface area contributed by atoms with Crippen molar-refractivity contribution in [2.45, 2.75) is 6.54 Å². The van der Waals surface area contributed by atoms with Gasteiger partial charge >= 0.3 is 0 Å². The minimum absolute atomic E-state index is 0.250. The molecule has 0 aliphatic heterocycles. The predicted molar refractivity (Wildman–Crippen MR) is 85.5 cm³/mol. The van der Waals surface area contributed by atoms with E-state index in [0.717, 1.165) is 22.5 Å². The SMILES string of the molecule is Fc1ccc(CNc2cccc(-c3ccn[nH]3)c2)cc1Br. The highest BCUT2D eigenvalue weighted by molar-refractivity contribution is 9.10. The molecule has 21 heavy (non-hydrogen) atoms. The van der Waals surface area contributed by atoms with Crippen LogP contribution < -0.4 is 5.32 Å². The number of rotatable bonds is 4. The lowest BCUT2D eigenvalue weighted by molar-refractivity contribution is 0.620. The highest BCUT2D eigenvalue weighted by Gasteiger charge is 2.02. The van der Waals surface area contributed by atoms with Gasteiger partial charge in [-0.15, -0.1) is 0 Å². The summed E-state index contributed by atoms with van der Waals surface area (Å²) in [5.41, 5.74) is 4.05. The smallest absolute Gasteiger partial charge is 0.137 e. The Balaban J connectivity index is 1.73. The molecule has 3 nitrogen and oxygen atoms in total. The highest BCUT2D eigenvalue weighted by atomic mass is 79.9. The maximum absolute atomic E-state index is 13.2. The second-order valence-electron chi connectivity index (χ2n) is 4.65. The molecule has 3 aromatic rings. The van der Waals surface area contributed by atoms with Crippen LogP contribution in [0.15, 0.2) is 59.2 Å². The summed E-state index contributed by atoms with van der Waals surface area (Å²) < 4.78 is 13.7. The van der Waals surface area contributed by atoms with Crippen molar-refractivity contribution in [3.8, 4) is 11.3 Å². The molecule has 106 valence electrons.